The van der Waals surface area contributed by atoms with E-state index in [0.717, 1.165) is 0 Å². The quantitative estimate of drug-likeness (QED) is 0.117. The number of carbonyl (C=O) groups is 4. The molecule has 0 aliphatic carbocycles. The van der Waals surface area contributed by atoms with E-state index in [9.17, 15) is 19.2 Å². The van der Waals surface area contributed by atoms with Gasteiger partial charge in [-0.3, -0.25) is 19.2 Å². The monoisotopic (exact) mass is 467 g/mol. The highest BCUT2D eigenvalue weighted by Gasteiger charge is 2.27. The summed E-state index contributed by atoms with van der Waals surface area (Å²) in [4.78, 5) is 51.6. The van der Waals surface area contributed by atoms with Crippen LogP contribution in [0, 0.1) is 17.3 Å². The minimum absolute atomic E-state index is 0.0134. The van der Waals surface area contributed by atoms with Gasteiger partial charge in [0, 0.05) is 43.2 Å². The summed E-state index contributed by atoms with van der Waals surface area (Å²) in [5, 5.41) is 8.93. The summed E-state index contributed by atoms with van der Waals surface area (Å²) < 4.78 is 5.19. The molecule has 0 rings (SSSR count). The van der Waals surface area contributed by atoms with E-state index in [1.807, 2.05) is 34.6 Å². The third kappa shape index (κ3) is 15.8. The number of hydrogen-bond donors (Lipinski definition) is 2. The third-order valence-corrected chi connectivity index (χ3v) is 4.78. The van der Waals surface area contributed by atoms with Crippen LogP contribution in [0.15, 0.2) is 5.11 Å². The number of carbonyl (C=O) groups excluding carboxylic acids is 4. The van der Waals surface area contributed by atoms with Crippen molar-refractivity contribution in [3.05, 3.63) is 10.4 Å². The maximum atomic E-state index is 12.7. The van der Waals surface area contributed by atoms with Gasteiger partial charge < -0.3 is 15.4 Å². The molecule has 188 valence electrons. The number of ether oxygens (including phenoxy) is 1. The lowest BCUT2D eigenvalue weighted by atomic mass is 9.92. The molecule has 2 atom stereocenters. The van der Waals surface area contributed by atoms with Crippen LogP contribution in [0.25, 0.3) is 10.4 Å². The summed E-state index contributed by atoms with van der Waals surface area (Å²) in [5.41, 5.74) is 8.16. The van der Waals surface area contributed by atoms with E-state index in [0.29, 0.717) is 39.0 Å². The molecule has 0 bridgehead atoms. The third-order valence-electron chi connectivity index (χ3n) is 4.78. The Morgan fingerprint density at radius 3 is 2.27 bits per heavy atom. The first kappa shape index (κ1) is 30.4. The molecule has 10 nitrogen and oxygen atoms in total. The van der Waals surface area contributed by atoms with Gasteiger partial charge in [0.2, 0.25) is 11.8 Å². The van der Waals surface area contributed by atoms with Crippen LogP contribution < -0.4 is 10.6 Å². The lowest BCUT2D eigenvalue weighted by molar-refractivity contribution is -0.146. The van der Waals surface area contributed by atoms with E-state index in [1.54, 1.807) is 6.92 Å². The molecule has 0 saturated heterocycles. The number of hydrogen-bond acceptors (Lipinski definition) is 6. The van der Waals surface area contributed by atoms with Gasteiger partial charge in [0.25, 0.3) is 0 Å². The van der Waals surface area contributed by atoms with Gasteiger partial charge in [-0.2, -0.15) is 0 Å². The molecule has 0 fully saturated rings. The predicted octanol–water partition coefficient (Wildman–Crippen LogP) is 3.69. The Labute approximate surface area is 197 Å². The zero-order valence-electron chi connectivity index (χ0n) is 21.0. The summed E-state index contributed by atoms with van der Waals surface area (Å²) >= 11 is 0. The van der Waals surface area contributed by atoms with Gasteiger partial charge in [-0.25, -0.2) is 0 Å². The number of ketones is 1. The van der Waals surface area contributed by atoms with Crippen molar-refractivity contribution in [3.8, 4) is 0 Å². The van der Waals surface area contributed by atoms with Crippen molar-refractivity contribution in [1.29, 1.82) is 0 Å². The molecule has 0 aliphatic rings. The molecule has 0 aromatic heterocycles. The zero-order valence-corrected chi connectivity index (χ0v) is 21.0. The fourth-order valence-electron chi connectivity index (χ4n) is 2.89. The number of Topliss-reactive ketones (excluding diaryl/α,β-unsaturated/α-hetero) is 1. The van der Waals surface area contributed by atoms with Crippen molar-refractivity contribution in [3.63, 3.8) is 0 Å². The maximum Gasteiger partial charge on any atom is 0.305 e. The minimum Gasteiger partial charge on any atom is -0.465 e. The largest absolute Gasteiger partial charge is 0.465 e. The van der Waals surface area contributed by atoms with E-state index in [-0.39, 0.29) is 54.2 Å². The van der Waals surface area contributed by atoms with E-state index in [1.165, 1.54) is 0 Å². The minimum atomic E-state index is -0.664. The Kier molecular flexibility index (Phi) is 14.8. The second-order valence-electron chi connectivity index (χ2n) is 9.89. The predicted molar refractivity (Wildman–Crippen MR) is 126 cm³/mol. The number of esters is 1. The van der Waals surface area contributed by atoms with Gasteiger partial charge in [-0.15, -0.1) is 0 Å². The highest BCUT2D eigenvalue weighted by Crippen LogP contribution is 2.14. The number of nitrogens with zero attached hydrogens (tertiary/aromatic N) is 3. The number of rotatable bonds is 16. The number of nitrogens with one attached hydrogen (secondary N) is 2. The molecular formula is C23H41N5O5. The highest BCUT2D eigenvalue weighted by molar-refractivity contribution is 5.92. The van der Waals surface area contributed by atoms with Crippen LogP contribution >= 0.6 is 0 Å². The van der Waals surface area contributed by atoms with Crippen LogP contribution in [0.1, 0.15) is 80.1 Å². The summed E-state index contributed by atoms with van der Waals surface area (Å²) in [5.74, 6) is -1.65. The first-order chi connectivity index (χ1) is 15.4. The van der Waals surface area contributed by atoms with Crippen molar-refractivity contribution in [2.45, 2.75) is 86.1 Å². The summed E-state index contributed by atoms with van der Waals surface area (Å²) in [6.45, 7) is 12.3. The van der Waals surface area contributed by atoms with E-state index in [4.69, 9.17) is 10.3 Å². The van der Waals surface area contributed by atoms with Crippen molar-refractivity contribution >= 4 is 23.6 Å². The average molecular weight is 468 g/mol. The molecule has 33 heavy (non-hydrogen) atoms. The van der Waals surface area contributed by atoms with Gasteiger partial charge in [0.05, 0.1) is 12.6 Å². The van der Waals surface area contributed by atoms with Crippen molar-refractivity contribution < 1.29 is 23.9 Å². The Hall–Kier alpha value is -2.61. The normalized spacial score (nSPS) is 12.9. The summed E-state index contributed by atoms with van der Waals surface area (Å²) in [7, 11) is 0. The molecule has 0 radical (unpaired) electrons. The molecule has 2 amide bonds. The molecule has 10 heteroatoms. The SMILES string of the molecule is CC(C)[C@H](NC(=O)CCCCN=[N+]=[N-])C(=O)C[C@@H](C)C(=O)NCCCC(=O)OCC(C)(C)C. The maximum absolute atomic E-state index is 12.7. The van der Waals surface area contributed by atoms with Gasteiger partial charge in [0.15, 0.2) is 5.78 Å². The van der Waals surface area contributed by atoms with Crippen molar-refractivity contribution in [2.24, 2.45) is 22.4 Å². The zero-order chi connectivity index (χ0) is 25.4. The second kappa shape index (κ2) is 16.1. The van der Waals surface area contributed by atoms with Crippen LogP contribution in [-0.4, -0.2) is 49.3 Å². The van der Waals surface area contributed by atoms with Crippen LogP contribution in [-0.2, 0) is 23.9 Å². The lowest BCUT2D eigenvalue weighted by Gasteiger charge is -2.22. The van der Waals surface area contributed by atoms with Crippen LogP contribution in [0.5, 0.6) is 0 Å². The van der Waals surface area contributed by atoms with Crippen LogP contribution in [0.3, 0.4) is 0 Å². The molecule has 0 aliphatic heterocycles. The fourth-order valence-corrected chi connectivity index (χ4v) is 2.89. The molecule has 0 spiro atoms. The van der Waals surface area contributed by atoms with E-state index >= 15 is 0 Å². The summed E-state index contributed by atoms with van der Waals surface area (Å²) in [6.07, 6.45) is 2.09. The van der Waals surface area contributed by atoms with Crippen LogP contribution in [0.2, 0.25) is 0 Å². The smallest absolute Gasteiger partial charge is 0.305 e. The number of unbranched alkanes of at least 4 members (excludes halogenated alkanes) is 1. The Balaban J connectivity index is 4.38. The average Bonchev–Trinajstić information content (AvgIpc) is 2.72. The van der Waals surface area contributed by atoms with E-state index in [2.05, 4.69) is 20.7 Å². The van der Waals surface area contributed by atoms with Gasteiger partial charge in [0.1, 0.15) is 0 Å². The first-order valence-electron chi connectivity index (χ1n) is 11.6. The number of azide groups is 1. The molecule has 0 heterocycles. The summed E-state index contributed by atoms with van der Waals surface area (Å²) in [6, 6.07) is -0.664. The van der Waals surface area contributed by atoms with E-state index < -0.39 is 12.0 Å². The topological polar surface area (TPSA) is 150 Å². The second-order valence-corrected chi connectivity index (χ2v) is 9.89. The molecule has 0 saturated carbocycles. The Morgan fingerprint density at radius 1 is 1.03 bits per heavy atom. The number of amides is 2. The van der Waals surface area contributed by atoms with Gasteiger partial charge >= 0.3 is 5.97 Å². The standard InChI is InChI=1S/C23H41N5O5/c1-16(2)21(27-19(30)10-7-8-13-26-28-24)18(29)14-17(3)22(32)25-12-9-11-20(31)33-15-23(4,5)6/h16-17,21H,7-15H2,1-6H3,(H,25,32)(H,27,30)/t17-,21+/m1/s1. The first-order valence-corrected chi connectivity index (χ1v) is 11.6. The van der Waals surface area contributed by atoms with Crippen LogP contribution in [0.4, 0.5) is 0 Å². The Morgan fingerprint density at radius 2 is 1.70 bits per heavy atom. The Bertz CT molecular complexity index is 696. The molecule has 0 aromatic rings. The lowest BCUT2D eigenvalue weighted by Crippen LogP contribution is -2.45. The molecular weight excluding hydrogens is 426 g/mol. The molecule has 0 aromatic carbocycles. The highest BCUT2D eigenvalue weighted by atomic mass is 16.5. The van der Waals surface area contributed by atoms with Crippen molar-refractivity contribution in [1.82, 2.24) is 10.6 Å². The van der Waals surface area contributed by atoms with Crippen molar-refractivity contribution in [2.75, 3.05) is 19.7 Å². The molecule has 0 unspecified atom stereocenters. The fraction of sp³-hybridized carbons (Fsp3) is 0.826. The van der Waals surface area contributed by atoms with Gasteiger partial charge in [-0.1, -0.05) is 46.7 Å². The van der Waals surface area contributed by atoms with Gasteiger partial charge in [-0.05, 0) is 36.1 Å². The molecule has 2 N–H and O–H groups in total.